The second kappa shape index (κ2) is 3.21. The van der Waals surface area contributed by atoms with Crippen molar-refractivity contribution in [2.45, 2.75) is 71.0 Å². The zero-order valence-corrected chi connectivity index (χ0v) is 10.4. The van der Waals surface area contributed by atoms with Crippen LogP contribution in [0.3, 0.4) is 0 Å². The summed E-state index contributed by atoms with van der Waals surface area (Å²) in [5, 5.41) is 0. The Morgan fingerprint density at radius 2 is 1.27 bits per heavy atom. The molecule has 0 spiro atoms. The first kappa shape index (κ1) is 5.05. The van der Waals surface area contributed by atoms with Gasteiger partial charge in [0.1, 0.15) is 0 Å². The van der Waals surface area contributed by atoms with Crippen LogP contribution in [0.1, 0.15) is 58.9 Å². The van der Waals surface area contributed by atoms with Crippen LogP contribution in [0.4, 0.5) is 0 Å². The van der Waals surface area contributed by atoms with Gasteiger partial charge in [0.15, 0.2) is 0 Å². The van der Waals surface area contributed by atoms with E-state index in [-0.39, 0.29) is 0 Å². The Balaban J connectivity index is 2.93. The Hall–Kier alpha value is -0.0800. The third-order valence-electron chi connectivity index (χ3n) is 2.46. The van der Waals surface area contributed by atoms with Gasteiger partial charge in [-0.25, -0.2) is 0 Å². The fourth-order valence-electron chi connectivity index (χ4n) is 1.71. The van der Waals surface area contributed by atoms with Gasteiger partial charge in [0.2, 0.25) is 0 Å². The Labute approximate surface area is 106 Å². The van der Waals surface area contributed by atoms with Gasteiger partial charge in [0.05, 0.1) is 0 Å². The second-order valence-corrected chi connectivity index (χ2v) is 6.06. The Morgan fingerprint density at radius 1 is 0.933 bits per heavy atom. The summed E-state index contributed by atoms with van der Waals surface area (Å²) in [5.74, 6) is 0. The van der Waals surface area contributed by atoms with Crippen molar-refractivity contribution in [1.82, 2.24) is 9.80 Å². The number of likely N-dealkylation sites (tertiary alicyclic amines) is 2. The van der Waals surface area contributed by atoms with Gasteiger partial charge in [-0.3, -0.25) is 9.80 Å². The fraction of sp³-hybridized carbons (Fsp3) is 1.00. The molecule has 0 N–H and O–H groups in total. The number of hydrogen-bond donors (Lipinski definition) is 0. The van der Waals surface area contributed by atoms with Gasteiger partial charge in [-0.05, 0) is 47.9 Å². The van der Waals surface area contributed by atoms with Crippen molar-refractivity contribution in [3.05, 3.63) is 0 Å². The van der Waals surface area contributed by atoms with Gasteiger partial charge < -0.3 is 0 Å². The molecule has 0 amide bonds. The first-order valence-corrected chi connectivity index (χ1v) is 5.34. The van der Waals surface area contributed by atoms with Crippen molar-refractivity contribution in [3.8, 4) is 0 Å². The summed E-state index contributed by atoms with van der Waals surface area (Å²) in [6.45, 7) is 4.57. The maximum atomic E-state index is 8.75. The van der Waals surface area contributed by atoms with E-state index in [4.69, 9.17) is 11.0 Å². The first-order valence-electron chi connectivity index (χ1n) is 9.34. The van der Waals surface area contributed by atoms with Crippen LogP contribution >= 0.6 is 0 Å². The molecule has 2 heteroatoms. The van der Waals surface area contributed by atoms with E-state index in [1.54, 1.807) is 41.5 Å². The third-order valence-corrected chi connectivity index (χ3v) is 2.46. The van der Waals surface area contributed by atoms with E-state index in [1.807, 2.05) is 0 Å². The summed E-state index contributed by atoms with van der Waals surface area (Å²) >= 11 is 0. The van der Waals surface area contributed by atoms with E-state index in [1.165, 1.54) is 0 Å². The number of hydrogen-bond acceptors (Lipinski definition) is 2. The molecule has 2 nitrogen and oxygen atoms in total. The van der Waals surface area contributed by atoms with Crippen LogP contribution in [0.15, 0.2) is 0 Å². The number of rotatable bonds is 0. The molecule has 2 rings (SSSR count). The van der Waals surface area contributed by atoms with E-state index in [2.05, 4.69) is 0 Å². The minimum atomic E-state index is -2.74. The van der Waals surface area contributed by atoms with Crippen LogP contribution in [0.2, 0.25) is 0 Å². The summed E-state index contributed by atoms with van der Waals surface area (Å²) < 4.78 is 68.3. The molecule has 0 aromatic carbocycles. The van der Waals surface area contributed by atoms with Crippen LogP contribution in [0.5, 0.6) is 0 Å². The highest BCUT2D eigenvalue weighted by Crippen LogP contribution is 2.38. The molecule has 2 fully saturated rings. The Bertz CT molecular complexity index is 489. The third kappa shape index (κ3) is 1.94. The second-order valence-electron chi connectivity index (χ2n) is 6.06. The lowest BCUT2D eigenvalue weighted by Crippen LogP contribution is -2.57. The molecule has 2 atom stereocenters. The summed E-state index contributed by atoms with van der Waals surface area (Å²) in [7, 11) is 0. The normalized spacial score (nSPS) is 61.7. The van der Waals surface area contributed by atoms with E-state index in [0.717, 1.165) is 9.80 Å². The van der Waals surface area contributed by atoms with Gasteiger partial charge in [-0.1, -0.05) is 0 Å². The van der Waals surface area contributed by atoms with Crippen LogP contribution in [-0.4, -0.2) is 45.9 Å². The maximum absolute atomic E-state index is 8.75. The minimum absolute atomic E-state index is 0.905. The lowest BCUT2D eigenvalue weighted by Gasteiger charge is -2.46. The molecule has 0 aromatic rings. The zero-order chi connectivity index (χ0) is 18.7. The molecule has 0 radical (unpaired) electrons. The zero-order valence-electron chi connectivity index (χ0n) is 18.4. The Kier molecular flexibility index (Phi) is 1.08. The molecule has 0 unspecified atom stereocenters. The van der Waals surface area contributed by atoms with E-state index in [9.17, 15) is 0 Å². The average molecular weight is 218 g/mol. The predicted molar refractivity (Wildman–Crippen MR) is 65.1 cm³/mol. The largest absolute Gasteiger partial charge is 0.293 e. The Morgan fingerprint density at radius 3 is 1.53 bits per heavy atom. The molecular weight excluding hydrogens is 184 g/mol. The van der Waals surface area contributed by atoms with E-state index in [0.29, 0.717) is 0 Å². The molecule has 2 aliphatic heterocycles. The molecule has 88 valence electrons. The SMILES string of the molecule is [2H]C1([2H])N(C(C)(C)C)[C@@]2([2H])C([2H])([2H])N(C(C)(C)C)[C@]1([2H])C2([2H])[2H]. The lowest BCUT2D eigenvalue weighted by molar-refractivity contribution is 0.0179. The highest BCUT2D eigenvalue weighted by atomic mass is 15.4. The fourth-order valence-corrected chi connectivity index (χ4v) is 1.71. The lowest BCUT2D eigenvalue weighted by atomic mass is 10.0. The number of fused-ring (bicyclic) bond motifs is 2. The van der Waals surface area contributed by atoms with Crippen molar-refractivity contribution in [2.24, 2.45) is 0 Å². The van der Waals surface area contributed by atoms with Crippen LogP contribution < -0.4 is 0 Å². The molecule has 2 heterocycles. The van der Waals surface area contributed by atoms with E-state index >= 15 is 0 Å². The number of nitrogens with zero attached hydrogens (tertiary/aromatic N) is 2. The standard InChI is InChI=1S/C13H26N2/c1-12(2,3)14-8-11-7-10(14)9-15(11)13(4,5)6/h10-11H,7-9H2,1-6H3/t10-,11-/m1/s1/i7D2,8D2,9D2,10D,11D. The molecule has 0 saturated carbocycles. The maximum Gasteiger partial charge on any atom is 0.0481 e. The summed E-state index contributed by atoms with van der Waals surface area (Å²) in [6, 6.07) is -5.12. The monoisotopic (exact) mass is 218 g/mol. The summed E-state index contributed by atoms with van der Waals surface area (Å²) in [6.07, 6.45) is -2.74. The summed E-state index contributed by atoms with van der Waals surface area (Å²) in [5.41, 5.74) is -2.06. The smallest absolute Gasteiger partial charge is 0.0481 e. The molecular formula is C13H26N2. The first-order chi connectivity index (χ1) is 9.73. The van der Waals surface area contributed by atoms with Gasteiger partial charge in [-0.2, -0.15) is 0 Å². The molecule has 2 aliphatic rings. The van der Waals surface area contributed by atoms with Crippen LogP contribution in [-0.2, 0) is 0 Å². The molecule has 2 bridgehead atoms. The predicted octanol–water partition coefficient (Wildman–Crippen LogP) is 2.34. The van der Waals surface area contributed by atoms with Crippen molar-refractivity contribution in [1.29, 1.82) is 0 Å². The van der Waals surface area contributed by atoms with E-state index < -0.39 is 42.5 Å². The molecule has 15 heavy (non-hydrogen) atoms. The highest BCUT2D eigenvalue weighted by molar-refractivity contribution is 5.05. The molecule has 0 aromatic heterocycles. The van der Waals surface area contributed by atoms with Gasteiger partial charge in [-0.15, -0.1) is 0 Å². The van der Waals surface area contributed by atoms with Crippen molar-refractivity contribution in [2.75, 3.05) is 13.0 Å². The topological polar surface area (TPSA) is 6.48 Å². The van der Waals surface area contributed by atoms with Crippen molar-refractivity contribution < 1.29 is 11.0 Å². The summed E-state index contributed by atoms with van der Waals surface area (Å²) in [4.78, 5) is 1.81. The minimum Gasteiger partial charge on any atom is -0.293 e. The molecule has 0 aliphatic carbocycles. The average Bonchev–Trinajstić information content (AvgIpc) is 2.35. The van der Waals surface area contributed by atoms with Crippen LogP contribution in [0, 0.1) is 0 Å². The van der Waals surface area contributed by atoms with Crippen molar-refractivity contribution in [3.63, 3.8) is 0 Å². The van der Waals surface area contributed by atoms with Gasteiger partial charge >= 0.3 is 0 Å². The quantitative estimate of drug-likeness (QED) is 0.616. The highest BCUT2D eigenvalue weighted by Gasteiger charge is 2.49. The number of piperazine rings is 1. The molecule has 2 saturated heterocycles. The van der Waals surface area contributed by atoms with Gasteiger partial charge in [0, 0.05) is 47.1 Å². The van der Waals surface area contributed by atoms with Gasteiger partial charge in [0.25, 0.3) is 0 Å². The van der Waals surface area contributed by atoms with Crippen molar-refractivity contribution >= 4 is 0 Å². The van der Waals surface area contributed by atoms with Crippen LogP contribution in [0.25, 0.3) is 0 Å².